The molecule has 0 bridgehead atoms. The van der Waals surface area contributed by atoms with Crippen molar-refractivity contribution in [2.24, 2.45) is 0 Å². The van der Waals surface area contributed by atoms with Crippen molar-refractivity contribution in [1.82, 2.24) is 0 Å². The number of unbranched alkanes of at least 4 members (excludes halogenated alkanes) is 12. The first-order chi connectivity index (χ1) is 12.5. The van der Waals surface area contributed by atoms with Gasteiger partial charge < -0.3 is 18.2 Å². The van der Waals surface area contributed by atoms with Crippen LogP contribution < -0.4 is 0 Å². The lowest BCUT2D eigenvalue weighted by Gasteiger charge is -2.33. The fourth-order valence-corrected chi connectivity index (χ4v) is 4.46. The number of rotatable bonds is 19. The summed E-state index contributed by atoms with van der Waals surface area (Å²) < 4.78 is 0.849. The van der Waals surface area contributed by atoms with Crippen molar-refractivity contribution in [1.29, 1.82) is 0 Å². The van der Waals surface area contributed by atoms with Gasteiger partial charge in [-0.25, -0.2) is 0 Å². The summed E-state index contributed by atoms with van der Waals surface area (Å²) in [5, 5.41) is 9.98. The average Bonchev–Trinajstić information content (AvgIpc) is 2.56. The predicted molar refractivity (Wildman–Crippen MR) is 120 cm³/mol. The Morgan fingerprint density at radius 2 is 1.19 bits per heavy atom. The van der Waals surface area contributed by atoms with Crippen LogP contribution in [0.25, 0.3) is 0 Å². The third-order valence-corrected chi connectivity index (χ3v) is 5.88. The van der Waals surface area contributed by atoms with Crippen LogP contribution in [-0.4, -0.2) is 49.3 Å². The molecule has 0 amide bonds. The summed E-state index contributed by atoms with van der Waals surface area (Å²) in [4.78, 5) is 0. The molecular formula is C23H48NOP. The molecule has 0 rings (SSSR count). The molecule has 0 aliphatic rings. The standard InChI is InChI=1S/C23H48NOP/c1-5-6-7-8-9-10-11-12-13-14-15-16-17-18-19-20-21-26-23(25)22-24(2,3)4/h12-13,23,25H,5-11,14-22H2,1-4H3/b13-12-. The zero-order valence-corrected chi connectivity index (χ0v) is 19.3. The Morgan fingerprint density at radius 1 is 0.731 bits per heavy atom. The number of likely N-dealkylation sites (N-methyl/N-ethyl adjacent to an activating group) is 1. The second-order valence-electron chi connectivity index (χ2n) is 8.80. The van der Waals surface area contributed by atoms with Crippen LogP contribution in [0.15, 0.2) is 12.2 Å². The van der Waals surface area contributed by atoms with Gasteiger partial charge in [0.05, 0.1) is 27.7 Å². The van der Waals surface area contributed by atoms with E-state index in [4.69, 9.17) is 0 Å². The van der Waals surface area contributed by atoms with E-state index in [9.17, 15) is 5.11 Å². The summed E-state index contributed by atoms with van der Waals surface area (Å²) in [5.41, 5.74) is 0. The molecule has 0 aromatic heterocycles. The van der Waals surface area contributed by atoms with Crippen LogP contribution in [0.5, 0.6) is 0 Å². The van der Waals surface area contributed by atoms with E-state index in [1.165, 1.54) is 98.5 Å². The Hall–Kier alpha value is 0.0900. The molecule has 156 valence electrons. The number of aliphatic hydroxyl groups is 1. The SMILES string of the molecule is CCCCCCCC/C=C\CCCCCCCC[P-]C(O)C[N+](C)(C)C. The molecule has 2 nitrogen and oxygen atoms in total. The molecule has 0 heterocycles. The fourth-order valence-electron chi connectivity index (χ4n) is 3.15. The van der Waals surface area contributed by atoms with Gasteiger partial charge in [-0.05, 0) is 31.5 Å². The molecule has 26 heavy (non-hydrogen) atoms. The molecule has 0 fully saturated rings. The Balaban J connectivity index is 3.20. The first-order valence-electron chi connectivity index (χ1n) is 11.3. The van der Waals surface area contributed by atoms with Gasteiger partial charge in [0.15, 0.2) is 0 Å². The van der Waals surface area contributed by atoms with Crippen LogP contribution in [-0.2, 0) is 0 Å². The van der Waals surface area contributed by atoms with Crippen molar-refractivity contribution in [3.63, 3.8) is 0 Å². The van der Waals surface area contributed by atoms with Crippen LogP contribution >= 0.6 is 8.58 Å². The third kappa shape index (κ3) is 22.1. The summed E-state index contributed by atoms with van der Waals surface area (Å²) >= 11 is 0. The summed E-state index contributed by atoms with van der Waals surface area (Å²) in [6, 6.07) is 0. The van der Waals surface area contributed by atoms with E-state index in [0.717, 1.165) is 17.2 Å². The highest BCUT2D eigenvalue weighted by Crippen LogP contribution is 2.21. The minimum absolute atomic E-state index is 0.155. The number of hydrogen-bond donors (Lipinski definition) is 1. The second-order valence-corrected chi connectivity index (χ2v) is 10.2. The van der Waals surface area contributed by atoms with Crippen molar-refractivity contribution < 1.29 is 9.59 Å². The molecule has 0 radical (unpaired) electrons. The van der Waals surface area contributed by atoms with Crippen LogP contribution in [0.3, 0.4) is 0 Å². The summed E-state index contributed by atoms with van der Waals surface area (Å²) in [5.74, 6) is -0.155. The van der Waals surface area contributed by atoms with Crippen molar-refractivity contribution in [2.75, 3.05) is 33.8 Å². The zero-order valence-electron chi connectivity index (χ0n) is 18.4. The van der Waals surface area contributed by atoms with Gasteiger partial charge in [-0.2, -0.15) is 6.16 Å². The minimum Gasteiger partial charge on any atom is -0.502 e. The molecule has 0 aromatic carbocycles. The van der Waals surface area contributed by atoms with Gasteiger partial charge in [0.2, 0.25) is 0 Å². The number of quaternary nitrogens is 1. The number of hydrogen-bond acceptors (Lipinski definition) is 1. The van der Waals surface area contributed by atoms with E-state index in [1.807, 2.05) is 0 Å². The molecular weight excluding hydrogens is 337 g/mol. The Kier molecular flexibility index (Phi) is 18.5. The van der Waals surface area contributed by atoms with E-state index in [1.54, 1.807) is 0 Å². The molecule has 0 spiro atoms. The van der Waals surface area contributed by atoms with Gasteiger partial charge in [-0.15, -0.1) is 0 Å². The highest BCUT2D eigenvalue weighted by Gasteiger charge is 2.07. The normalized spacial score (nSPS) is 14.0. The second kappa shape index (κ2) is 18.5. The maximum absolute atomic E-state index is 9.98. The smallest absolute Gasteiger partial charge is 0.0770 e. The van der Waals surface area contributed by atoms with Gasteiger partial charge in [0.25, 0.3) is 0 Å². The summed E-state index contributed by atoms with van der Waals surface area (Å²) in [6.45, 7) is 3.14. The van der Waals surface area contributed by atoms with Crippen LogP contribution in [0.2, 0.25) is 0 Å². The quantitative estimate of drug-likeness (QED) is 0.110. The van der Waals surface area contributed by atoms with Crippen molar-refractivity contribution in [2.45, 2.75) is 103 Å². The molecule has 0 aliphatic carbocycles. The summed E-state index contributed by atoms with van der Waals surface area (Å²) in [7, 11) is 7.65. The molecule has 1 unspecified atom stereocenters. The molecule has 0 aliphatic heterocycles. The number of nitrogens with zero attached hydrogens (tertiary/aromatic N) is 1. The molecule has 0 aromatic rings. The molecule has 0 saturated heterocycles. The molecule has 3 heteroatoms. The van der Waals surface area contributed by atoms with Gasteiger partial charge in [0, 0.05) is 0 Å². The van der Waals surface area contributed by atoms with E-state index in [0.29, 0.717) is 0 Å². The van der Waals surface area contributed by atoms with Crippen LogP contribution in [0.4, 0.5) is 0 Å². The number of allylic oxidation sites excluding steroid dienone is 2. The minimum atomic E-state index is -0.155. The van der Waals surface area contributed by atoms with Crippen molar-refractivity contribution >= 4 is 8.58 Å². The largest absolute Gasteiger partial charge is 0.502 e. The molecule has 1 atom stereocenters. The lowest BCUT2D eigenvalue weighted by atomic mass is 10.1. The Morgan fingerprint density at radius 3 is 1.69 bits per heavy atom. The van der Waals surface area contributed by atoms with E-state index >= 15 is 0 Å². The van der Waals surface area contributed by atoms with E-state index in [2.05, 4.69) is 40.2 Å². The van der Waals surface area contributed by atoms with Crippen LogP contribution in [0, 0.1) is 0 Å². The van der Waals surface area contributed by atoms with E-state index < -0.39 is 0 Å². The van der Waals surface area contributed by atoms with Gasteiger partial charge in [-0.3, -0.25) is 0 Å². The number of aliphatic hydroxyl groups excluding tert-OH is 1. The van der Waals surface area contributed by atoms with E-state index in [-0.39, 0.29) is 5.85 Å². The average molecular weight is 386 g/mol. The van der Waals surface area contributed by atoms with Gasteiger partial charge >= 0.3 is 0 Å². The highest BCUT2D eigenvalue weighted by molar-refractivity contribution is 7.38. The van der Waals surface area contributed by atoms with Gasteiger partial charge in [-0.1, -0.05) is 83.3 Å². The first-order valence-corrected chi connectivity index (χ1v) is 12.4. The predicted octanol–water partition coefficient (Wildman–Crippen LogP) is 6.99. The Labute approximate surface area is 167 Å². The highest BCUT2D eigenvalue weighted by atomic mass is 31.1. The maximum Gasteiger partial charge on any atom is 0.0770 e. The topological polar surface area (TPSA) is 20.2 Å². The monoisotopic (exact) mass is 385 g/mol. The zero-order chi connectivity index (χ0) is 19.5. The van der Waals surface area contributed by atoms with Gasteiger partial charge in [0.1, 0.15) is 0 Å². The Bertz CT molecular complexity index is 312. The lowest BCUT2D eigenvalue weighted by Crippen LogP contribution is -2.40. The summed E-state index contributed by atoms with van der Waals surface area (Å²) in [6.07, 6.45) is 25.0. The fraction of sp³-hybridized carbons (Fsp3) is 0.913. The molecule has 0 saturated carbocycles. The van der Waals surface area contributed by atoms with Crippen LogP contribution in [0.1, 0.15) is 96.8 Å². The molecule has 1 N–H and O–H groups in total. The lowest BCUT2D eigenvalue weighted by molar-refractivity contribution is -0.871. The first kappa shape index (κ1) is 26.1. The van der Waals surface area contributed by atoms with Crippen molar-refractivity contribution in [3.8, 4) is 0 Å². The van der Waals surface area contributed by atoms with Crippen molar-refractivity contribution in [3.05, 3.63) is 12.2 Å². The maximum atomic E-state index is 9.98. The third-order valence-electron chi connectivity index (χ3n) is 4.72.